The quantitative estimate of drug-likeness (QED) is 0.523. The lowest BCUT2D eigenvalue weighted by molar-refractivity contribution is 0.0335. The van der Waals surface area contributed by atoms with Crippen LogP contribution in [0.3, 0.4) is 0 Å². The largest absolute Gasteiger partial charge is 0.384 e. The first-order valence-electron chi connectivity index (χ1n) is 3.35. The van der Waals surface area contributed by atoms with Crippen LogP contribution in [0.1, 0.15) is 26.2 Å². The predicted octanol–water partition coefficient (Wildman–Crippen LogP) is 0.992. The van der Waals surface area contributed by atoms with Crippen LogP contribution < -0.4 is 0 Å². The van der Waals surface area contributed by atoms with Crippen molar-refractivity contribution in [1.82, 2.24) is 0 Å². The Hall–Kier alpha value is -0.370. The maximum atomic E-state index is 9.55. The molecule has 0 spiro atoms. The summed E-state index contributed by atoms with van der Waals surface area (Å²) in [6.45, 7) is 1.89. The summed E-state index contributed by atoms with van der Waals surface area (Å²) in [5.41, 5.74) is 0.364. The minimum atomic E-state index is -0.519. The van der Waals surface area contributed by atoms with Gasteiger partial charge in [0.05, 0.1) is 0 Å². The van der Waals surface area contributed by atoms with Crippen molar-refractivity contribution < 1.29 is 5.11 Å². The first-order valence-corrected chi connectivity index (χ1v) is 3.35. The molecule has 2 heteroatoms. The molecule has 0 radical (unpaired) electrons. The molecule has 0 aromatic rings. The SMILES string of the molecule is CN=C(C)C1(O)CCC1. The van der Waals surface area contributed by atoms with Gasteiger partial charge in [-0.3, -0.25) is 4.99 Å². The van der Waals surface area contributed by atoms with Crippen LogP contribution in [0.25, 0.3) is 0 Å². The van der Waals surface area contributed by atoms with E-state index in [9.17, 15) is 5.11 Å². The highest BCUT2D eigenvalue weighted by molar-refractivity contribution is 5.90. The van der Waals surface area contributed by atoms with Gasteiger partial charge in [0.25, 0.3) is 0 Å². The Morgan fingerprint density at radius 2 is 2.11 bits per heavy atom. The van der Waals surface area contributed by atoms with E-state index in [2.05, 4.69) is 4.99 Å². The Balaban J connectivity index is 2.59. The fourth-order valence-corrected chi connectivity index (χ4v) is 1.08. The lowest BCUT2D eigenvalue weighted by Gasteiger charge is -2.36. The van der Waals surface area contributed by atoms with Crippen molar-refractivity contribution in [1.29, 1.82) is 0 Å². The van der Waals surface area contributed by atoms with Gasteiger partial charge >= 0.3 is 0 Å². The minimum Gasteiger partial charge on any atom is -0.384 e. The summed E-state index contributed by atoms with van der Waals surface area (Å²) in [7, 11) is 1.73. The molecule has 2 nitrogen and oxygen atoms in total. The summed E-state index contributed by atoms with van der Waals surface area (Å²) in [6, 6.07) is 0. The van der Waals surface area contributed by atoms with Crippen molar-refractivity contribution in [3.8, 4) is 0 Å². The molecule has 1 fully saturated rings. The van der Waals surface area contributed by atoms with Gasteiger partial charge in [-0.05, 0) is 26.2 Å². The number of hydrogen-bond acceptors (Lipinski definition) is 2. The predicted molar refractivity (Wildman–Crippen MR) is 37.8 cm³/mol. The van der Waals surface area contributed by atoms with Crippen molar-refractivity contribution in [3.63, 3.8) is 0 Å². The van der Waals surface area contributed by atoms with Gasteiger partial charge in [0, 0.05) is 12.8 Å². The maximum absolute atomic E-state index is 9.55. The maximum Gasteiger partial charge on any atom is 0.102 e. The average molecular weight is 127 g/mol. The normalized spacial score (nSPS) is 25.4. The molecule has 0 bridgehead atoms. The highest BCUT2D eigenvalue weighted by Crippen LogP contribution is 2.32. The third-order valence-corrected chi connectivity index (χ3v) is 2.19. The lowest BCUT2D eigenvalue weighted by atomic mass is 9.77. The molecule has 1 N–H and O–H groups in total. The van der Waals surface area contributed by atoms with E-state index in [1.54, 1.807) is 7.05 Å². The van der Waals surface area contributed by atoms with E-state index in [0.29, 0.717) is 0 Å². The van der Waals surface area contributed by atoms with Gasteiger partial charge in [0.1, 0.15) is 5.60 Å². The Morgan fingerprint density at radius 1 is 1.56 bits per heavy atom. The Morgan fingerprint density at radius 3 is 2.22 bits per heavy atom. The summed E-state index contributed by atoms with van der Waals surface area (Å²) in [5, 5.41) is 9.55. The van der Waals surface area contributed by atoms with Crippen LogP contribution in [0.15, 0.2) is 4.99 Å². The van der Waals surface area contributed by atoms with Gasteiger partial charge in [-0.15, -0.1) is 0 Å². The third-order valence-electron chi connectivity index (χ3n) is 2.19. The minimum absolute atomic E-state index is 0.519. The molecule has 0 aliphatic heterocycles. The van der Waals surface area contributed by atoms with Gasteiger partial charge in [0.2, 0.25) is 0 Å². The highest BCUT2D eigenvalue weighted by atomic mass is 16.3. The summed E-state index contributed by atoms with van der Waals surface area (Å²) in [6.07, 6.45) is 2.94. The molecular weight excluding hydrogens is 114 g/mol. The van der Waals surface area contributed by atoms with Gasteiger partial charge in [-0.2, -0.15) is 0 Å². The van der Waals surface area contributed by atoms with E-state index in [1.165, 1.54) is 0 Å². The van der Waals surface area contributed by atoms with Gasteiger partial charge < -0.3 is 5.11 Å². The standard InChI is InChI=1S/C7H13NO/c1-6(8-2)7(9)4-3-5-7/h9H,3-5H2,1-2H3. The molecule has 0 atom stereocenters. The summed E-state index contributed by atoms with van der Waals surface area (Å²) in [5.74, 6) is 0. The molecule has 9 heavy (non-hydrogen) atoms. The number of nitrogens with zero attached hydrogens (tertiary/aromatic N) is 1. The second-order valence-corrected chi connectivity index (χ2v) is 2.69. The first kappa shape index (κ1) is 6.75. The van der Waals surface area contributed by atoms with E-state index in [0.717, 1.165) is 25.0 Å². The number of aliphatic imine (C=N–C) groups is 1. The Labute approximate surface area is 55.6 Å². The second-order valence-electron chi connectivity index (χ2n) is 2.69. The van der Waals surface area contributed by atoms with Crippen molar-refractivity contribution in [2.24, 2.45) is 4.99 Å². The zero-order chi connectivity index (χ0) is 6.91. The molecule has 0 saturated heterocycles. The number of hydrogen-bond donors (Lipinski definition) is 1. The van der Waals surface area contributed by atoms with Gasteiger partial charge in [-0.25, -0.2) is 0 Å². The lowest BCUT2D eigenvalue weighted by Crippen LogP contribution is -2.43. The van der Waals surface area contributed by atoms with Crippen LogP contribution in [0, 0.1) is 0 Å². The smallest absolute Gasteiger partial charge is 0.102 e. The topological polar surface area (TPSA) is 32.6 Å². The van der Waals surface area contributed by atoms with Crippen LogP contribution >= 0.6 is 0 Å². The van der Waals surface area contributed by atoms with E-state index in [1.807, 2.05) is 6.92 Å². The monoisotopic (exact) mass is 127 g/mol. The van der Waals surface area contributed by atoms with E-state index in [-0.39, 0.29) is 0 Å². The Bertz CT molecular complexity index is 136. The zero-order valence-electron chi connectivity index (χ0n) is 6.02. The van der Waals surface area contributed by atoms with Crippen molar-refractivity contribution in [2.75, 3.05) is 7.05 Å². The second kappa shape index (κ2) is 2.10. The molecule has 1 rings (SSSR count). The molecule has 0 aromatic carbocycles. The van der Waals surface area contributed by atoms with Crippen molar-refractivity contribution in [3.05, 3.63) is 0 Å². The van der Waals surface area contributed by atoms with Crippen LogP contribution in [-0.2, 0) is 0 Å². The van der Waals surface area contributed by atoms with Crippen LogP contribution in [-0.4, -0.2) is 23.5 Å². The van der Waals surface area contributed by atoms with Crippen molar-refractivity contribution in [2.45, 2.75) is 31.8 Å². The highest BCUT2D eigenvalue weighted by Gasteiger charge is 2.36. The van der Waals surface area contributed by atoms with E-state index in [4.69, 9.17) is 0 Å². The van der Waals surface area contributed by atoms with Gasteiger partial charge in [0.15, 0.2) is 0 Å². The summed E-state index contributed by atoms with van der Waals surface area (Å²) >= 11 is 0. The molecule has 0 heterocycles. The van der Waals surface area contributed by atoms with Crippen LogP contribution in [0.5, 0.6) is 0 Å². The zero-order valence-corrected chi connectivity index (χ0v) is 6.02. The summed E-state index contributed by atoms with van der Waals surface area (Å²) < 4.78 is 0. The molecule has 1 aliphatic rings. The fourth-order valence-electron chi connectivity index (χ4n) is 1.08. The number of rotatable bonds is 1. The molecule has 0 aromatic heterocycles. The molecular formula is C7H13NO. The number of aliphatic hydroxyl groups is 1. The molecule has 1 aliphatic carbocycles. The van der Waals surface area contributed by atoms with E-state index < -0.39 is 5.60 Å². The van der Waals surface area contributed by atoms with Crippen LogP contribution in [0.4, 0.5) is 0 Å². The molecule has 0 amide bonds. The fraction of sp³-hybridized carbons (Fsp3) is 0.857. The first-order chi connectivity index (χ1) is 4.19. The molecule has 0 unspecified atom stereocenters. The van der Waals surface area contributed by atoms with Crippen molar-refractivity contribution >= 4 is 5.71 Å². The molecule has 52 valence electrons. The molecule has 1 saturated carbocycles. The van der Waals surface area contributed by atoms with Gasteiger partial charge in [-0.1, -0.05) is 0 Å². The van der Waals surface area contributed by atoms with E-state index >= 15 is 0 Å². The Kier molecular flexibility index (Phi) is 1.58. The summed E-state index contributed by atoms with van der Waals surface area (Å²) in [4.78, 5) is 3.95. The van der Waals surface area contributed by atoms with Crippen LogP contribution in [0.2, 0.25) is 0 Å². The average Bonchev–Trinajstić information content (AvgIpc) is 1.81. The third kappa shape index (κ3) is 0.990.